The van der Waals surface area contributed by atoms with E-state index in [0.717, 1.165) is 17.7 Å². The number of nitrogens with two attached hydrogens (primary N) is 2. The molecule has 0 aliphatic heterocycles. The first-order valence-corrected chi connectivity index (χ1v) is 7.85. The first kappa shape index (κ1) is 16.6. The van der Waals surface area contributed by atoms with E-state index in [-0.39, 0.29) is 23.2 Å². The summed E-state index contributed by atoms with van der Waals surface area (Å²) in [6.45, 7) is 2.07. The second kappa shape index (κ2) is 6.68. The molecule has 0 unspecified atom stereocenters. The minimum absolute atomic E-state index is 0.0667. The second-order valence-corrected chi connectivity index (χ2v) is 5.74. The van der Waals surface area contributed by atoms with Crippen molar-refractivity contribution in [1.29, 1.82) is 0 Å². The summed E-state index contributed by atoms with van der Waals surface area (Å²) in [5, 5.41) is 9.00. The predicted molar refractivity (Wildman–Crippen MR) is 94.1 cm³/mol. The van der Waals surface area contributed by atoms with Crippen molar-refractivity contribution in [2.24, 2.45) is 0 Å². The van der Waals surface area contributed by atoms with Crippen LogP contribution in [-0.4, -0.2) is 31.0 Å². The molecular weight excluding hydrogens is 320 g/mol. The highest BCUT2D eigenvalue weighted by atomic mass is 16.4. The predicted octanol–water partition coefficient (Wildman–Crippen LogP) is 2.02. The molecule has 3 rings (SSSR count). The van der Waals surface area contributed by atoms with E-state index in [0.29, 0.717) is 17.6 Å². The Bertz CT molecular complexity index is 926. The lowest BCUT2D eigenvalue weighted by molar-refractivity contribution is 0.0697. The third-order valence-corrected chi connectivity index (χ3v) is 4.08. The smallest absolute Gasteiger partial charge is 0.335 e. The van der Waals surface area contributed by atoms with Crippen molar-refractivity contribution in [3.8, 4) is 0 Å². The number of hydrogen-bond acceptors (Lipinski definition) is 7. The Morgan fingerprint density at radius 2 is 1.88 bits per heavy atom. The molecule has 0 spiro atoms. The van der Waals surface area contributed by atoms with E-state index in [1.807, 2.05) is 12.1 Å². The van der Waals surface area contributed by atoms with E-state index in [4.69, 9.17) is 16.6 Å². The Morgan fingerprint density at radius 3 is 2.52 bits per heavy atom. The quantitative estimate of drug-likeness (QED) is 0.641. The van der Waals surface area contributed by atoms with Crippen molar-refractivity contribution in [2.75, 3.05) is 11.5 Å². The number of anilines is 2. The van der Waals surface area contributed by atoms with Gasteiger partial charge in [0.2, 0.25) is 5.95 Å². The van der Waals surface area contributed by atoms with Gasteiger partial charge in [0.05, 0.1) is 17.5 Å². The summed E-state index contributed by atoms with van der Waals surface area (Å²) >= 11 is 0. The van der Waals surface area contributed by atoms with E-state index in [1.165, 1.54) is 0 Å². The molecule has 0 saturated carbocycles. The first-order chi connectivity index (χ1) is 12.0. The van der Waals surface area contributed by atoms with Crippen LogP contribution in [0, 0.1) is 0 Å². The van der Waals surface area contributed by atoms with E-state index in [1.54, 1.807) is 18.3 Å². The van der Waals surface area contributed by atoms with E-state index < -0.39 is 5.97 Å². The molecule has 0 amide bonds. The summed E-state index contributed by atoms with van der Waals surface area (Å²) in [6.07, 6.45) is 3.18. The van der Waals surface area contributed by atoms with Gasteiger partial charge in [0.1, 0.15) is 0 Å². The summed E-state index contributed by atoms with van der Waals surface area (Å²) in [4.78, 5) is 27.7. The zero-order chi connectivity index (χ0) is 18.0. The van der Waals surface area contributed by atoms with Crippen molar-refractivity contribution >= 4 is 28.9 Å². The van der Waals surface area contributed by atoms with Crippen LogP contribution >= 0.6 is 0 Å². The number of benzene rings is 1. The number of rotatable bonds is 5. The Labute approximate surface area is 144 Å². The van der Waals surface area contributed by atoms with Gasteiger partial charge in [-0.2, -0.15) is 9.97 Å². The molecule has 0 radical (unpaired) electrons. The highest BCUT2D eigenvalue weighted by Gasteiger charge is 2.14. The van der Waals surface area contributed by atoms with Gasteiger partial charge < -0.3 is 16.6 Å². The van der Waals surface area contributed by atoms with Gasteiger partial charge in [-0.05, 0) is 36.5 Å². The molecule has 8 nitrogen and oxygen atoms in total. The van der Waals surface area contributed by atoms with Crippen LogP contribution in [0.4, 0.5) is 11.8 Å². The van der Waals surface area contributed by atoms with Crippen molar-refractivity contribution in [1.82, 2.24) is 19.9 Å². The summed E-state index contributed by atoms with van der Waals surface area (Å²) in [6, 6.07) is 6.90. The number of aromatic nitrogens is 4. The molecule has 0 aliphatic rings. The fourth-order valence-corrected chi connectivity index (χ4v) is 2.73. The van der Waals surface area contributed by atoms with Gasteiger partial charge in [0.15, 0.2) is 17.0 Å². The van der Waals surface area contributed by atoms with Crippen LogP contribution in [-0.2, 0) is 6.42 Å². The van der Waals surface area contributed by atoms with Crippen LogP contribution in [0.1, 0.15) is 40.9 Å². The zero-order valence-corrected chi connectivity index (χ0v) is 13.7. The topological polar surface area (TPSA) is 141 Å². The number of nitrogen functional groups attached to an aromatic ring is 2. The van der Waals surface area contributed by atoms with Gasteiger partial charge in [0.25, 0.3) is 0 Å². The fourth-order valence-electron chi connectivity index (χ4n) is 2.73. The summed E-state index contributed by atoms with van der Waals surface area (Å²) in [5.74, 6) is -0.479. The van der Waals surface area contributed by atoms with Gasteiger partial charge in [0, 0.05) is 0 Å². The molecule has 2 aromatic heterocycles. The van der Waals surface area contributed by atoms with Crippen LogP contribution in [0.3, 0.4) is 0 Å². The van der Waals surface area contributed by atoms with Crippen LogP contribution in [0.25, 0.3) is 11.2 Å². The van der Waals surface area contributed by atoms with Crippen LogP contribution < -0.4 is 11.5 Å². The highest BCUT2D eigenvalue weighted by Crippen LogP contribution is 2.25. The number of nitrogens with zero attached hydrogens (tertiary/aromatic N) is 4. The maximum Gasteiger partial charge on any atom is 0.335 e. The Morgan fingerprint density at radius 1 is 1.16 bits per heavy atom. The Kier molecular flexibility index (Phi) is 4.42. The average molecular weight is 338 g/mol. The molecule has 1 atom stereocenters. The van der Waals surface area contributed by atoms with Gasteiger partial charge in [-0.15, -0.1) is 0 Å². The highest BCUT2D eigenvalue weighted by molar-refractivity contribution is 5.87. The molecule has 5 N–H and O–H groups in total. The van der Waals surface area contributed by atoms with Gasteiger partial charge in [-0.25, -0.2) is 14.8 Å². The van der Waals surface area contributed by atoms with Crippen molar-refractivity contribution < 1.29 is 9.90 Å². The molecule has 8 heteroatoms. The Hall–Kier alpha value is -3.29. The molecule has 0 saturated heterocycles. The standard InChI is InChI=1S/C17H18N6O2/c1-2-9(10-3-5-11(6-4-10)16(24)25)7-12-8-20-15-13(21-12)14(18)22-17(19)23-15/h3-6,8-9H,2,7H2,1H3,(H,24,25)(H4,18,19,20,22,23)/t9-/m0/s1. The maximum absolute atomic E-state index is 11.0. The second-order valence-electron chi connectivity index (χ2n) is 5.74. The van der Waals surface area contributed by atoms with Crippen LogP contribution in [0.15, 0.2) is 30.5 Å². The summed E-state index contributed by atoms with van der Waals surface area (Å²) < 4.78 is 0. The van der Waals surface area contributed by atoms with Gasteiger partial charge >= 0.3 is 5.97 Å². The molecule has 2 heterocycles. The zero-order valence-electron chi connectivity index (χ0n) is 13.7. The van der Waals surface area contributed by atoms with Gasteiger partial charge in [-0.1, -0.05) is 19.1 Å². The third kappa shape index (κ3) is 3.47. The lowest BCUT2D eigenvalue weighted by Crippen LogP contribution is -2.07. The lowest BCUT2D eigenvalue weighted by Gasteiger charge is -2.15. The van der Waals surface area contributed by atoms with Crippen molar-refractivity contribution in [3.63, 3.8) is 0 Å². The summed E-state index contributed by atoms with van der Waals surface area (Å²) in [5.41, 5.74) is 14.3. The maximum atomic E-state index is 11.0. The number of fused-ring (bicyclic) bond motifs is 1. The molecule has 0 bridgehead atoms. The van der Waals surface area contributed by atoms with Crippen molar-refractivity contribution in [2.45, 2.75) is 25.7 Å². The molecule has 0 aliphatic carbocycles. The molecule has 128 valence electrons. The average Bonchev–Trinajstić information content (AvgIpc) is 2.60. The number of carbonyl (C=O) groups is 1. The molecule has 0 fully saturated rings. The molecule has 1 aromatic carbocycles. The van der Waals surface area contributed by atoms with E-state index in [9.17, 15) is 4.79 Å². The largest absolute Gasteiger partial charge is 0.478 e. The molecular formula is C17H18N6O2. The summed E-state index contributed by atoms with van der Waals surface area (Å²) in [7, 11) is 0. The monoisotopic (exact) mass is 338 g/mol. The van der Waals surface area contributed by atoms with E-state index >= 15 is 0 Å². The Balaban J connectivity index is 1.88. The van der Waals surface area contributed by atoms with Crippen molar-refractivity contribution in [3.05, 3.63) is 47.3 Å². The van der Waals surface area contributed by atoms with Crippen LogP contribution in [0.2, 0.25) is 0 Å². The third-order valence-electron chi connectivity index (χ3n) is 4.08. The molecule has 25 heavy (non-hydrogen) atoms. The fraction of sp³-hybridized carbons (Fsp3) is 0.235. The minimum atomic E-state index is -0.935. The van der Waals surface area contributed by atoms with Crippen LogP contribution in [0.5, 0.6) is 0 Å². The lowest BCUT2D eigenvalue weighted by atomic mass is 9.91. The first-order valence-electron chi connectivity index (χ1n) is 7.85. The van der Waals surface area contributed by atoms with Gasteiger partial charge in [-0.3, -0.25) is 0 Å². The van der Waals surface area contributed by atoms with E-state index in [2.05, 4.69) is 26.9 Å². The SMILES string of the molecule is CC[C@@H](Cc1cnc2nc(N)nc(N)c2n1)c1ccc(C(=O)O)cc1. The minimum Gasteiger partial charge on any atom is -0.478 e. The number of aromatic carboxylic acids is 1. The molecule has 3 aromatic rings. The number of carboxylic acids is 1. The normalized spacial score (nSPS) is 12.2. The number of hydrogen-bond donors (Lipinski definition) is 3. The number of carboxylic acid groups (broad SMARTS) is 1.